The topological polar surface area (TPSA) is 32.3 Å². The maximum Gasteiger partial charge on any atom is 0.430 e. The maximum absolute atomic E-state index is 13.2. The van der Waals surface area contributed by atoms with Gasteiger partial charge in [-0.2, -0.15) is 13.2 Å². The molecule has 0 unspecified atom stereocenters. The average Bonchev–Trinajstić information content (AvgIpc) is 2.74. The summed E-state index contributed by atoms with van der Waals surface area (Å²) < 4.78 is 52.6. The van der Waals surface area contributed by atoms with E-state index < -0.39 is 23.6 Å². The summed E-state index contributed by atoms with van der Waals surface area (Å²) in [5.74, 6) is -1.25. The van der Waals surface area contributed by atoms with Crippen LogP contribution in [0.15, 0.2) is 18.2 Å². The van der Waals surface area contributed by atoms with E-state index in [4.69, 9.17) is 0 Å². The zero-order valence-electron chi connectivity index (χ0n) is 9.01. The van der Waals surface area contributed by atoms with Gasteiger partial charge in [0.05, 0.1) is 11.4 Å². The molecule has 1 atom stereocenters. The lowest BCUT2D eigenvalue weighted by molar-refractivity contribution is -0.175. The Morgan fingerprint density at radius 2 is 2.06 bits per heavy atom. The molecule has 2 heterocycles. The molecule has 1 saturated heterocycles. The lowest BCUT2D eigenvalue weighted by atomic mass is 10.1. The van der Waals surface area contributed by atoms with Crippen LogP contribution in [0.2, 0.25) is 0 Å². The Bertz CT molecular complexity index is 542. The molecule has 3 rings (SSSR count). The third-order valence-electron chi connectivity index (χ3n) is 3.34. The highest BCUT2D eigenvalue weighted by Gasteiger charge is 2.66. The van der Waals surface area contributed by atoms with Gasteiger partial charge in [0.25, 0.3) is 0 Å². The van der Waals surface area contributed by atoms with E-state index in [0.717, 1.165) is 12.1 Å². The summed E-state index contributed by atoms with van der Waals surface area (Å²) in [6.45, 7) is 0. The molecular weight excluding hydrogens is 252 g/mol. The summed E-state index contributed by atoms with van der Waals surface area (Å²) in [6, 6.07) is 3.20. The zero-order chi connectivity index (χ0) is 13.1. The maximum atomic E-state index is 13.2. The molecule has 0 saturated carbocycles. The number of nitrogens with zero attached hydrogens (tertiary/aromatic N) is 1. The first-order valence-electron chi connectivity index (χ1n) is 5.33. The molecule has 0 aliphatic carbocycles. The largest absolute Gasteiger partial charge is 0.430 e. The third kappa shape index (κ3) is 1.21. The number of nitrogens with one attached hydrogen (secondary N) is 1. The monoisotopic (exact) mass is 260 g/mol. The highest BCUT2D eigenvalue weighted by molar-refractivity contribution is 6.04. The molecule has 96 valence electrons. The number of carbonyl (C=O) groups is 1. The van der Waals surface area contributed by atoms with E-state index in [1.807, 2.05) is 0 Å². The van der Waals surface area contributed by atoms with Crippen LogP contribution >= 0.6 is 0 Å². The van der Waals surface area contributed by atoms with Crippen molar-refractivity contribution in [2.24, 2.45) is 0 Å². The van der Waals surface area contributed by atoms with Crippen LogP contribution in [0.25, 0.3) is 0 Å². The smallest absolute Gasteiger partial charge is 0.353 e. The van der Waals surface area contributed by atoms with Crippen LogP contribution in [0.3, 0.4) is 0 Å². The van der Waals surface area contributed by atoms with Crippen molar-refractivity contribution in [2.75, 3.05) is 10.2 Å². The van der Waals surface area contributed by atoms with Crippen molar-refractivity contribution in [3.8, 4) is 0 Å². The Labute approximate surface area is 99.4 Å². The lowest BCUT2D eigenvalue weighted by Crippen LogP contribution is -2.58. The predicted octanol–water partition coefficient (Wildman–Crippen LogP) is 2.64. The normalized spacial score (nSPS) is 26.0. The minimum Gasteiger partial charge on any atom is -0.353 e. The van der Waals surface area contributed by atoms with Gasteiger partial charge in [0.2, 0.25) is 11.6 Å². The predicted molar refractivity (Wildman–Crippen MR) is 55.5 cm³/mol. The van der Waals surface area contributed by atoms with Gasteiger partial charge >= 0.3 is 6.18 Å². The molecule has 0 aromatic heterocycles. The fourth-order valence-electron chi connectivity index (χ4n) is 2.55. The number of anilines is 2. The first kappa shape index (κ1) is 11.3. The van der Waals surface area contributed by atoms with Crippen LogP contribution in [0.1, 0.15) is 12.8 Å². The van der Waals surface area contributed by atoms with E-state index in [0.29, 0.717) is 4.90 Å². The number of benzene rings is 1. The third-order valence-corrected chi connectivity index (χ3v) is 3.34. The number of fused-ring (bicyclic) bond motifs is 3. The molecular formula is C11H8F4N2O. The molecule has 0 spiro atoms. The van der Waals surface area contributed by atoms with Gasteiger partial charge < -0.3 is 5.32 Å². The van der Waals surface area contributed by atoms with E-state index in [-0.39, 0.29) is 24.2 Å². The quantitative estimate of drug-likeness (QED) is 0.727. The second-order valence-electron chi connectivity index (χ2n) is 4.37. The van der Waals surface area contributed by atoms with Gasteiger partial charge in [0.15, 0.2) is 0 Å². The molecule has 1 aromatic carbocycles. The van der Waals surface area contributed by atoms with Crippen molar-refractivity contribution in [2.45, 2.75) is 24.7 Å². The van der Waals surface area contributed by atoms with Gasteiger partial charge in [0, 0.05) is 12.8 Å². The number of rotatable bonds is 0. The highest BCUT2D eigenvalue weighted by atomic mass is 19.4. The molecule has 1 aromatic rings. The van der Waals surface area contributed by atoms with Crippen LogP contribution in [0.4, 0.5) is 28.9 Å². The van der Waals surface area contributed by atoms with E-state index in [1.54, 1.807) is 0 Å². The van der Waals surface area contributed by atoms with Crippen molar-refractivity contribution in [3.63, 3.8) is 0 Å². The lowest BCUT2D eigenvalue weighted by Gasteiger charge is -2.34. The molecule has 2 aliphatic rings. The number of hydrogen-bond donors (Lipinski definition) is 1. The Morgan fingerprint density at radius 1 is 1.33 bits per heavy atom. The molecule has 18 heavy (non-hydrogen) atoms. The summed E-state index contributed by atoms with van der Waals surface area (Å²) >= 11 is 0. The van der Waals surface area contributed by atoms with Gasteiger partial charge in [-0.05, 0) is 18.2 Å². The second-order valence-corrected chi connectivity index (χ2v) is 4.37. The van der Waals surface area contributed by atoms with Gasteiger partial charge in [0.1, 0.15) is 5.82 Å². The zero-order valence-corrected chi connectivity index (χ0v) is 9.01. The van der Waals surface area contributed by atoms with Crippen molar-refractivity contribution < 1.29 is 22.4 Å². The second kappa shape index (κ2) is 3.15. The number of alkyl halides is 3. The molecule has 2 aliphatic heterocycles. The Kier molecular flexibility index (Phi) is 1.98. The first-order chi connectivity index (χ1) is 8.35. The fourth-order valence-corrected chi connectivity index (χ4v) is 2.55. The van der Waals surface area contributed by atoms with Crippen LogP contribution in [-0.2, 0) is 4.79 Å². The van der Waals surface area contributed by atoms with E-state index in [1.165, 1.54) is 6.07 Å². The molecule has 7 heteroatoms. The molecule has 1 N–H and O–H groups in total. The van der Waals surface area contributed by atoms with Gasteiger partial charge in [-0.25, -0.2) is 4.39 Å². The van der Waals surface area contributed by atoms with Crippen LogP contribution < -0.4 is 10.2 Å². The number of carbonyl (C=O) groups excluding carboxylic acids is 1. The van der Waals surface area contributed by atoms with E-state index >= 15 is 0 Å². The van der Waals surface area contributed by atoms with Crippen molar-refractivity contribution in [1.82, 2.24) is 0 Å². The SMILES string of the molecule is O=C1CC[C@@]2(C(F)(F)F)Nc3cc(F)ccc3N12. The molecule has 0 bridgehead atoms. The van der Waals surface area contributed by atoms with Gasteiger partial charge in [-0.1, -0.05) is 0 Å². The highest BCUT2D eigenvalue weighted by Crippen LogP contribution is 2.53. The van der Waals surface area contributed by atoms with Crippen molar-refractivity contribution >= 4 is 17.3 Å². The Balaban J connectivity index is 2.18. The minimum atomic E-state index is -4.62. The van der Waals surface area contributed by atoms with Gasteiger partial charge in [-0.3, -0.25) is 9.69 Å². The molecule has 3 nitrogen and oxygen atoms in total. The summed E-state index contributed by atoms with van der Waals surface area (Å²) in [7, 11) is 0. The average molecular weight is 260 g/mol. The van der Waals surface area contributed by atoms with Crippen LogP contribution in [0, 0.1) is 5.82 Å². The summed E-state index contributed by atoms with van der Waals surface area (Å²) in [6.07, 6.45) is -5.16. The van der Waals surface area contributed by atoms with Crippen molar-refractivity contribution in [1.29, 1.82) is 0 Å². The molecule has 1 fully saturated rings. The Morgan fingerprint density at radius 3 is 2.72 bits per heavy atom. The number of hydrogen-bond acceptors (Lipinski definition) is 2. The van der Waals surface area contributed by atoms with Gasteiger partial charge in [-0.15, -0.1) is 0 Å². The Hall–Kier alpha value is -1.79. The van der Waals surface area contributed by atoms with Crippen molar-refractivity contribution in [3.05, 3.63) is 24.0 Å². The summed E-state index contributed by atoms with van der Waals surface area (Å²) in [5.41, 5.74) is -2.34. The minimum absolute atomic E-state index is 0.000347. The van der Waals surface area contributed by atoms with Crippen LogP contribution in [0.5, 0.6) is 0 Å². The summed E-state index contributed by atoms with van der Waals surface area (Å²) in [4.78, 5) is 12.3. The summed E-state index contributed by atoms with van der Waals surface area (Å²) in [5, 5.41) is 2.26. The van der Waals surface area contributed by atoms with E-state index in [2.05, 4.69) is 5.32 Å². The van der Waals surface area contributed by atoms with E-state index in [9.17, 15) is 22.4 Å². The fraction of sp³-hybridized carbons (Fsp3) is 0.364. The van der Waals surface area contributed by atoms with Crippen LogP contribution in [-0.4, -0.2) is 17.7 Å². The first-order valence-corrected chi connectivity index (χ1v) is 5.33. The molecule has 0 radical (unpaired) electrons. The number of halogens is 4. The number of amides is 1. The molecule has 1 amide bonds. The standard InChI is InChI=1S/C11H8F4N2O/c12-6-1-2-8-7(5-6)16-10(11(13,14)15)4-3-9(18)17(8)10/h1-2,5,16H,3-4H2/t10-/m1/s1.